The molecule has 0 radical (unpaired) electrons. The minimum atomic E-state index is -0.278. The number of aromatic amines is 1. The lowest BCUT2D eigenvalue weighted by Crippen LogP contribution is -2.22. The Hall–Kier alpha value is -3.42. The van der Waals surface area contributed by atoms with Crippen LogP contribution >= 0.6 is 11.8 Å². The van der Waals surface area contributed by atoms with Crippen LogP contribution in [0.25, 0.3) is 23.1 Å². The number of rotatable bonds is 6. The molecule has 0 atom stereocenters. The van der Waals surface area contributed by atoms with Gasteiger partial charge in [0.15, 0.2) is 0 Å². The van der Waals surface area contributed by atoms with Crippen LogP contribution in [0.1, 0.15) is 21.7 Å². The number of hydrogen-bond acceptors (Lipinski definition) is 5. The van der Waals surface area contributed by atoms with Gasteiger partial charge in [0, 0.05) is 21.4 Å². The second-order valence-corrected chi connectivity index (χ2v) is 7.25. The Kier molecular flexibility index (Phi) is 5.69. The van der Waals surface area contributed by atoms with Gasteiger partial charge in [-0.1, -0.05) is 30.0 Å². The molecule has 0 spiro atoms. The van der Waals surface area contributed by atoms with Crippen LogP contribution in [0.5, 0.6) is 0 Å². The molecule has 6 nitrogen and oxygen atoms in total. The highest BCUT2D eigenvalue weighted by Gasteiger charge is 2.12. The summed E-state index contributed by atoms with van der Waals surface area (Å²) >= 11 is 1.51. The Morgan fingerprint density at radius 3 is 2.79 bits per heavy atom. The number of hydroxylamine groups is 1. The smallest absolute Gasteiger partial charge is 0.275 e. The number of nitrogens with zero attached hydrogens (tertiary/aromatic N) is 2. The van der Waals surface area contributed by atoms with Crippen molar-refractivity contribution in [3.63, 3.8) is 0 Å². The molecule has 0 bridgehead atoms. The number of hydrogen-bond donors (Lipinski definition) is 2. The maximum atomic E-state index is 12.2. The van der Waals surface area contributed by atoms with Crippen molar-refractivity contribution in [2.24, 2.45) is 0 Å². The molecule has 1 amide bonds. The third kappa shape index (κ3) is 4.37. The first-order valence-corrected chi connectivity index (χ1v) is 9.74. The molecule has 2 N–H and O–H groups in total. The maximum absolute atomic E-state index is 12.2. The molecule has 2 heterocycles. The van der Waals surface area contributed by atoms with E-state index in [0.29, 0.717) is 5.56 Å². The molecule has 4 rings (SSSR count). The number of benzene rings is 2. The molecule has 4 aromatic rings. The summed E-state index contributed by atoms with van der Waals surface area (Å²) in [7, 11) is 1.42. The van der Waals surface area contributed by atoms with Crippen molar-refractivity contribution < 1.29 is 9.63 Å². The zero-order valence-electron chi connectivity index (χ0n) is 15.6. The fourth-order valence-corrected chi connectivity index (χ4v) is 3.85. The van der Waals surface area contributed by atoms with Gasteiger partial charge in [0.1, 0.15) is 0 Å². The fourth-order valence-electron chi connectivity index (χ4n) is 2.87. The third-order valence-corrected chi connectivity index (χ3v) is 5.28. The van der Waals surface area contributed by atoms with Gasteiger partial charge >= 0.3 is 0 Å². The topological polar surface area (TPSA) is 79.9 Å². The highest BCUT2D eigenvalue weighted by Crippen LogP contribution is 2.32. The van der Waals surface area contributed by atoms with Crippen LogP contribution in [0.3, 0.4) is 0 Å². The predicted molar refractivity (Wildman–Crippen MR) is 114 cm³/mol. The van der Waals surface area contributed by atoms with Crippen molar-refractivity contribution >= 4 is 40.7 Å². The van der Waals surface area contributed by atoms with E-state index in [9.17, 15) is 4.79 Å². The number of aromatic nitrogens is 3. The third-order valence-electron chi connectivity index (χ3n) is 4.22. The molecular weight excluding hydrogens is 384 g/mol. The summed E-state index contributed by atoms with van der Waals surface area (Å²) in [6.07, 6.45) is 5.64. The summed E-state index contributed by atoms with van der Waals surface area (Å²) < 4.78 is 0. The highest BCUT2D eigenvalue weighted by molar-refractivity contribution is 7.99. The fraction of sp³-hybridized carbons (Fsp3) is 0.0455. The van der Waals surface area contributed by atoms with E-state index in [1.54, 1.807) is 12.3 Å². The predicted octanol–water partition coefficient (Wildman–Crippen LogP) is 4.57. The quantitative estimate of drug-likeness (QED) is 0.462. The highest BCUT2D eigenvalue weighted by atomic mass is 32.2. The van der Waals surface area contributed by atoms with E-state index in [4.69, 9.17) is 4.84 Å². The monoisotopic (exact) mass is 402 g/mol. The van der Waals surface area contributed by atoms with Gasteiger partial charge in [-0.25, -0.2) is 5.48 Å². The van der Waals surface area contributed by atoms with Crippen LogP contribution in [0.2, 0.25) is 0 Å². The molecule has 0 aliphatic carbocycles. The Morgan fingerprint density at radius 1 is 1.10 bits per heavy atom. The Balaban J connectivity index is 1.58. The number of amides is 1. The van der Waals surface area contributed by atoms with Crippen LogP contribution in [-0.4, -0.2) is 28.2 Å². The van der Waals surface area contributed by atoms with Gasteiger partial charge < -0.3 is 0 Å². The minimum Gasteiger partial charge on any atom is -0.277 e. The van der Waals surface area contributed by atoms with Gasteiger partial charge in [-0.3, -0.25) is 19.7 Å². The molecule has 0 saturated heterocycles. The van der Waals surface area contributed by atoms with Crippen LogP contribution in [-0.2, 0) is 4.84 Å². The maximum Gasteiger partial charge on any atom is 0.275 e. The normalized spacial score (nSPS) is 11.2. The molecule has 0 aliphatic heterocycles. The van der Waals surface area contributed by atoms with Gasteiger partial charge in [-0.2, -0.15) is 5.10 Å². The van der Waals surface area contributed by atoms with Crippen LogP contribution in [0.15, 0.2) is 76.7 Å². The first kappa shape index (κ1) is 18.9. The van der Waals surface area contributed by atoms with E-state index in [-0.39, 0.29) is 5.91 Å². The number of pyridine rings is 1. The van der Waals surface area contributed by atoms with E-state index >= 15 is 0 Å². The average Bonchev–Trinajstić information content (AvgIpc) is 3.16. The second kappa shape index (κ2) is 8.72. The van der Waals surface area contributed by atoms with Gasteiger partial charge in [-0.05, 0) is 54.6 Å². The van der Waals surface area contributed by atoms with Crippen LogP contribution < -0.4 is 5.48 Å². The molecule has 29 heavy (non-hydrogen) atoms. The first-order chi connectivity index (χ1) is 14.2. The lowest BCUT2D eigenvalue weighted by molar-refractivity contribution is 0.0534. The summed E-state index contributed by atoms with van der Waals surface area (Å²) in [6, 6.07) is 19.3. The number of carbonyl (C=O) groups is 1. The van der Waals surface area contributed by atoms with Gasteiger partial charge in [0.25, 0.3) is 5.91 Å². The van der Waals surface area contributed by atoms with Crippen LogP contribution in [0.4, 0.5) is 0 Å². The molecule has 0 fully saturated rings. The molecule has 0 saturated carbocycles. The van der Waals surface area contributed by atoms with E-state index in [0.717, 1.165) is 32.1 Å². The van der Waals surface area contributed by atoms with Crippen molar-refractivity contribution in [3.8, 4) is 0 Å². The minimum absolute atomic E-state index is 0.278. The zero-order chi connectivity index (χ0) is 20.1. The van der Waals surface area contributed by atoms with E-state index in [1.807, 2.05) is 66.7 Å². The molecular formula is C22H18N4O2S. The molecule has 7 heteroatoms. The largest absolute Gasteiger partial charge is 0.277 e. The number of fused-ring (bicyclic) bond motifs is 1. The summed E-state index contributed by atoms with van der Waals surface area (Å²) in [4.78, 5) is 23.1. The van der Waals surface area contributed by atoms with Gasteiger partial charge in [0.2, 0.25) is 0 Å². The molecule has 0 unspecified atom stereocenters. The van der Waals surface area contributed by atoms with Gasteiger partial charge in [-0.15, -0.1) is 0 Å². The lowest BCUT2D eigenvalue weighted by Gasteiger charge is -2.08. The standard InChI is InChI=1S/C22H18N4O2S/c1-28-26-22(27)18-7-2-3-8-21(18)29-16-10-11-17-19(24-25-20(17)14-16)12-9-15-6-4-5-13-23-15/h2-14H,1H3,(H,24,25)(H,26,27)/b12-9+. The van der Waals surface area contributed by atoms with Crippen molar-refractivity contribution in [3.05, 3.63) is 83.8 Å². The molecule has 144 valence electrons. The van der Waals surface area contributed by atoms with Crippen molar-refractivity contribution in [1.82, 2.24) is 20.7 Å². The van der Waals surface area contributed by atoms with Crippen LogP contribution in [0, 0.1) is 0 Å². The van der Waals surface area contributed by atoms with E-state index in [2.05, 4.69) is 20.7 Å². The molecule has 2 aromatic heterocycles. The Labute approximate surface area is 172 Å². The van der Waals surface area contributed by atoms with Gasteiger partial charge in [0.05, 0.1) is 29.6 Å². The summed E-state index contributed by atoms with van der Waals surface area (Å²) in [5, 5.41) is 8.49. The van der Waals surface area contributed by atoms with E-state index < -0.39 is 0 Å². The summed E-state index contributed by atoms with van der Waals surface area (Å²) in [5.74, 6) is -0.278. The molecule has 2 aromatic carbocycles. The Morgan fingerprint density at radius 2 is 1.97 bits per heavy atom. The van der Waals surface area contributed by atoms with Crippen molar-refractivity contribution in [2.45, 2.75) is 9.79 Å². The lowest BCUT2D eigenvalue weighted by atomic mass is 10.2. The van der Waals surface area contributed by atoms with Crippen molar-refractivity contribution in [2.75, 3.05) is 7.11 Å². The number of H-pyrrole nitrogens is 1. The summed E-state index contributed by atoms with van der Waals surface area (Å²) in [5.41, 5.74) is 5.58. The summed E-state index contributed by atoms with van der Waals surface area (Å²) in [6.45, 7) is 0. The number of carbonyl (C=O) groups excluding carboxylic acids is 1. The first-order valence-electron chi connectivity index (χ1n) is 8.92. The van der Waals surface area contributed by atoms with Crippen molar-refractivity contribution in [1.29, 1.82) is 0 Å². The second-order valence-electron chi connectivity index (χ2n) is 6.14. The average molecular weight is 402 g/mol. The van der Waals surface area contributed by atoms with E-state index in [1.165, 1.54) is 18.9 Å². The SMILES string of the molecule is CONC(=O)c1ccccc1Sc1ccc2c(/C=C/c3ccccn3)n[nH]c2c1. The number of nitrogens with one attached hydrogen (secondary N) is 2. The molecule has 0 aliphatic rings. The Bertz CT molecular complexity index is 1170. The zero-order valence-corrected chi connectivity index (χ0v) is 16.4.